The van der Waals surface area contributed by atoms with Crippen LogP contribution in [0.25, 0.3) is 0 Å². The smallest absolute Gasteiger partial charge is 0.478 e. The van der Waals surface area contributed by atoms with E-state index in [0.717, 1.165) is 10.6 Å². The lowest BCUT2D eigenvalue weighted by Gasteiger charge is -2.35. The summed E-state index contributed by atoms with van der Waals surface area (Å²) in [5.74, 6) is -2.13. The van der Waals surface area contributed by atoms with Crippen LogP contribution in [0.3, 0.4) is 0 Å². The van der Waals surface area contributed by atoms with Crippen LogP contribution >= 0.6 is 0 Å². The summed E-state index contributed by atoms with van der Waals surface area (Å²) >= 11 is 0. The number of carboxylic acid groups (broad SMARTS) is 1. The average molecular weight is 387 g/mol. The zero-order valence-corrected chi connectivity index (χ0v) is 15.5. The molecule has 1 saturated carbocycles. The number of carbonyl (C=O) groups is 2. The number of alkyl halides is 3. The quantitative estimate of drug-likeness (QED) is 0.556. The van der Waals surface area contributed by atoms with Crippen LogP contribution in [-0.2, 0) is 22.3 Å². The third-order valence-corrected chi connectivity index (χ3v) is 5.20. The van der Waals surface area contributed by atoms with Crippen molar-refractivity contribution in [3.8, 4) is 0 Å². The SMILES string of the molecule is CCOC(=O)CC1(C)CCC(C[n+]2cccc(C(=O)[O-])c2C(F)(F)F)CC1. The van der Waals surface area contributed by atoms with Crippen LogP contribution < -0.4 is 9.67 Å². The fourth-order valence-corrected chi connectivity index (χ4v) is 3.76. The lowest BCUT2D eigenvalue weighted by molar-refractivity contribution is -0.721. The van der Waals surface area contributed by atoms with Crippen molar-refractivity contribution in [2.45, 2.75) is 58.7 Å². The molecule has 150 valence electrons. The molecule has 1 aromatic rings. The molecule has 0 radical (unpaired) electrons. The summed E-state index contributed by atoms with van der Waals surface area (Å²) in [7, 11) is 0. The number of ether oxygens (including phenoxy) is 1. The van der Waals surface area contributed by atoms with E-state index in [1.807, 2.05) is 6.92 Å². The second-order valence-corrected chi connectivity index (χ2v) is 7.44. The Hall–Kier alpha value is -2.12. The van der Waals surface area contributed by atoms with Gasteiger partial charge in [-0.3, -0.25) is 4.79 Å². The number of nitrogens with zero attached hydrogens (tertiary/aromatic N) is 1. The van der Waals surface area contributed by atoms with Gasteiger partial charge in [-0.1, -0.05) is 6.92 Å². The predicted octanol–water partition coefficient (Wildman–Crippen LogP) is 2.51. The first-order chi connectivity index (χ1) is 12.6. The van der Waals surface area contributed by atoms with Gasteiger partial charge >= 0.3 is 12.1 Å². The number of pyridine rings is 1. The topological polar surface area (TPSA) is 70.3 Å². The lowest BCUT2D eigenvalue weighted by atomic mass is 9.70. The Labute approximate surface area is 156 Å². The van der Waals surface area contributed by atoms with E-state index in [1.165, 1.54) is 12.3 Å². The number of hydrogen-bond donors (Lipinski definition) is 0. The van der Waals surface area contributed by atoms with Gasteiger partial charge in [-0.15, -0.1) is 0 Å². The van der Waals surface area contributed by atoms with Crippen molar-refractivity contribution < 1.29 is 37.2 Å². The van der Waals surface area contributed by atoms with E-state index in [9.17, 15) is 27.9 Å². The fraction of sp³-hybridized carbons (Fsp3) is 0.632. The second kappa shape index (κ2) is 8.27. The van der Waals surface area contributed by atoms with E-state index < -0.39 is 23.4 Å². The molecule has 1 aliphatic carbocycles. The summed E-state index contributed by atoms with van der Waals surface area (Å²) < 4.78 is 46.2. The molecule has 1 aromatic heterocycles. The largest absolute Gasteiger partial charge is 0.545 e. The molecular weight excluding hydrogens is 363 g/mol. The molecule has 27 heavy (non-hydrogen) atoms. The molecule has 0 amide bonds. The van der Waals surface area contributed by atoms with Crippen LogP contribution in [0.1, 0.15) is 62.0 Å². The van der Waals surface area contributed by atoms with Gasteiger partial charge in [-0.25, -0.2) is 0 Å². The predicted molar refractivity (Wildman–Crippen MR) is 87.3 cm³/mol. The maximum Gasteiger partial charge on any atom is 0.478 e. The molecule has 5 nitrogen and oxygen atoms in total. The Balaban J connectivity index is 2.11. The number of rotatable bonds is 6. The standard InChI is InChI=1S/C19H24F3NO4/c1-3-27-15(24)11-18(2)8-6-13(7-9-18)12-23-10-4-5-14(17(25)26)16(23)19(20,21)22/h4-5,10,13H,3,6-9,11-12H2,1-2H3. The van der Waals surface area contributed by atoms with Crippen molar-refractivity contribution in [2.75, 3.05) is 6.61 Å². The molecule has 1 heterocycles. The number of carboxylic acids is 1. The van der Waals surface area contributed by atoms with Crippen molar-refractivity contribution in [3.05, 3.63) is 29.6 Å². The fourth-order valence-electron chi connectivity index (χ4n) is 3.76. The third-order valence-electron chi connectivity index (χ3n) is 5.20. The van der Waals surface area contributed by atoms with Crippen LogP contribution in [0.4, 0.5) is 13.2 Å². The monoisotopic (exact) mass is 387 g/mol. The highest BCUT2D eigenvalue weighted by Crippen LogP contribution is 2.41. The van der Waals surface area contributed by atoms with Gasteiger partial charge in [0.1, 0.15) is 0 Å². The van der Waals surface area contributed by atoms with E-state index in [2.05, 4.69) is 0 Å². The zero-order valence-electron chi connectivity index (χ0n) is 15.5. The van der Waals surface area contributed by atoms with E-state index >= 15 is 0 Å². The molecular formula is C19H24F3NO4. The third kappa shape index (κ3) is 5.43. The van der Waals surface area contributed by atoms with Gasteiger partial charge in [0.2, 0.25) is 0 Å². The Morgan fingerprint density at radius 3 is 2.48 bits per heavy atom. The highest BCUT2D eigenvalue weighted by molar-refractivity contribution is 5.86. The van der Waals surface area contributed by atoms with Gasteiger partial charge in [-0.05, 0) is 44.1 Å². The van der Waals surface area contributed by atoms with Crippen LogP contribution in [-0.4, -0.2) is 18.5 Å². The van der Waals surface area contributed by atoms with Crippen molar-refractivity contribution in [2.24, 2.45) is 11.3 Å². The van der Waals surface area contributed by atoms with E-state index in [4.69, 9.17) is 4.74 Å². The average Bonchev–Trinajstić information content (AvgIpc) is 2.56. The minimum absolute atomic E-state index is 0.0247. The van der Waals surface area contributed by atoms with Crippen molar-refractivity contribution in [1.29, 1.82) is 0 Å². The number of aromatic nitrogens is 1. The molecule has 0 spiro atoms. The van der Waals surface area contributed by atoms with Crippen LogP contribution in [0.5, 0.6) is 0 Å². The highest BCUT2D eigenvalue weighted by atomic mass is 19.4. The Morgan fingerprint density at radius 1 is 1.33 bits per heavy atom. The van der Waals surface area contributed by atoms with Gasteiger partial charge in [0.15, 0.2) is 12.7 Å². The molecule has 0 saturated heterocycles. The minimum Gasteiger partial charge on any atom is -0.545 e. The summed E-state index contributed by atoms with van der Waals surface area (Å²) in [5, 5.41) is 11.1. The van der Waals surface area contributed by atoms with Gasteiger partial charge in [0.25, 0.3) is 5.69 Å². The number of hydrogen-bond acceptors (Lipinski definition) is 4. The van der Waals surface area contributed by atoms with Gasteiger partial charge in [0, 0.05) is 12.0 Å². The molecule has 1 aliphatic rings. The first-order valence-corrected chi connectivity index (χ1v) is 9.02. The first-order valence-electron chi connectivity index (χ1n) is 9.02. The zero-order chi connectivity index (χ0) is 20.2. The maximum atomic E-state index is 13.4. The number of esters is 1. The molecule has 0 atom stereocenters. The molecule has 0 bridgehead atoms. The van der Waals surface area contributed by atoms with E-state index in [-0.39, 0.29) is 23.8 Å². The van der Waals surface area contributed by atoms with Gasteiger partial charge in [-0.2, -0.15) is 17.7 Å². The van der Waals surface area contributed by atoms with Crippen molar-refractivity contribution in [1.82, 2.24) is 0 Å². The molecule has 0 unspecified atom stereocenters. The molecule has 2 rings (SSSR count). The summed E-state index contributed by atoms with van der Waals surface area (Å²) in [6, 6.07) is 2.19. The number of halogens is 3. The Kier molecular flexibility index (Phi) is 6.49. The summed E-state index contributed by atoms with van der Waals surface area (Å²) in [5.41, 5.74) is -2.26. The van der Waals surface area contributed by atoms with Crippen molar-refractivity contribution in [3.63, 3.8) is 0 Å². The Bertz CT molecular complexity index is 695. The number of carbonyl (C=O) groups excluding carboxylic acids is 2. The van der Waals surface area contributed by atoms with Crippen LogP contribution in [0, 0.1) is 11.3 Å². The van der Waals surface area contributed by atoms with Crippen LogP contribution in [0.15, 0.2) is 18.3 Å². The molecule has 8 heteroatoms. The summed E-state index contributed by atoms with van der Waals surface area (Å²) in [4.78, 5) is 22.8. The normalized spacial score (nSPS) is 23.1. The Morgan fingerprint density at radius 2 is 1.96 bits per heavy atom. The summed E-state index contributed by atoms with van der Waals surface area (Å²) in [6.45, 7) is 4.13. The molecule has 1 fully saturated rings. The molecule has 0 aliphatic heterocycles. The molecule has 0 N–H and O–H groups in total. The van der Waals surface area contributed by atoms with E-state index in [1.54, 1.807) is 6.92 Å². The second-order valence-electron chi connectivity index (χ2n) is 7.44. The van der Waals surface area contributed by atoms with Crippen molar-refractivity contribution >= 4 is 11.9 Å². The highest BCUT2D eigenvalue weighted by Gasteiger charge is 2.45. The maximum absolute atomic E-state index is 13.4. The first kappa shape index (κ1) is 21.2. The number of aromatic carboxylic acids is 1. The summed E-state index contributed by atoms with van der Waals surface area (Å²) in [6.07, 6.45) is -0.497. The van der Waals surface area contributed by atoms with E-state index in [0.29, 0.717) is 38.7 Å². The van der Waals surface area contributed by atoms with Gasteiger partial charge < -0.3 is 14.6 Å². The van der Waals surface area contributed by atoms with Gasteiger partial charge in [0.05, 0.1) is 24.6 Å². The lowest BCUT2D eigenvalue weighted by Crippen LogP contribution is -2.48. The minimum atomic E-state index is -4.79. The van der Waals surface area contributed by atoms with Crippen LogP contribution in [0.2, 0.25) is 0 Å². The molecule has 0 aromatic carbocycles.